The van der Waals surface area contributed by atoms with Crippen LogP contribution in [0.25, 0.3) is 10.9 Å². The molecule has 0 saturated carbocycles. The highest BCUT2D eigenvalue weighted by Gasteiger charge is 2.14. The number of hydrogen-bond acceptors (Lipinski definition) is 5. The van der Waals surface area contributed by atoms with Crippen LogP contribution in [-0.2, 0) is 6.42 Å². The summed E-state index contributed by atoms with van der Waals surface area (Å²) in [5.41, 5.74) is 2.30. The summed E-state index contributed by atoms with van der Waals surface area (Å²) < 4.78 is 0. The van der Waals surface area contributed by atoms with Gasteiger partial charge in [0.15, 0.2) is 0 Å². The fourth-order valence-corrected chi connectivity index (χ4v) is 3.03. The van der Waals surface area contributed by atoms with Crippen molar-refractivity contribution < 1.29 is 9.72 Å². The molecule has 0 saturated heterocycles. The van der Waals surface area contributed by atoms with E-state index in [0.29, 0.717) is 18.5 Å². The second kappa shape index (κ2) is 6.53. The first kappa shape index (κ1) is 15.1. The van der Waals surface area contributed by atoms with Crippen molar-refractivity contribution in [2.45, 2.75) is 6.42 Å². The third kappa shape index (κ3) is 3.35. The molecule has 23 heavy (non-hydrogen) atoms. The minimum absolute atomic E-state index is 0.0339. The molecule has 3 aromatic rings. The Morgan fingerprint density at radius 3 is 2.91 bits per heavy atom. The molecule has 0 atom stereocenters. The minimum Gasteiger partial charge on any atom is -0.352 e. The highest BCUT2D eigenvalue weighted by Crippen LogP contribution is 2.22. The summed E-state index contributed by atoms with van der Waals surface area (Å²) in [5, 5.41) is 15.9. The number of pyridine rings is 1. The fraction of sp³-hybridized carbons (Fsp3) is 0.125. The molecule has 6 nitrogen and oxygen atoms in total. The van der Waals surface area contributed by atoms with Gasteiger partial charge in [-0.2, -0.15) is 0 Å². The molecule has 0 radical (unpaired) electrons. The third-order valence-corrected chi connectivity index (χ3v) is 4.30. The predicted octanol–water partition coefficient (Wildman–Crippen LogP) is 3.18. The monoisotopic (exact) mass is 327 g/mol. The van der Waals surface area contributed by atoms with Crippen LogP contribution in [0.1, 0.15) is 15.9 Å². The summed E-state index contributed by atoms with van der Waals surface area (Å²) in [5.74, 6) is -0.303. The van der Waals surface area contributed by atoms with Crippen LogP contribution in [0.3, 0.4) is 0 Å². The number of benzene rings is 1. The lowest BCUT2D eigenvalue weighted by molar-refractivity contribution is -0.380. The number of amides is 1. The van der Waals surface area contributed by atoms with Gasteiger partial charge in [-0.3, -0.25) is 19.9 Å². The van der Waals surface area contributed by atoms with Gasteiger partial charge >= 0.3 is 5.00 Å². The lowest BCUT2D eigenvalue weighted by atomic mass is 10.1. The summed E-state index contributed by atoms with van der Waals surface area (Å²) in [4.78, 5) is 26.5. The third-order valence-electron chi connectivity index (χ3n) is 3.42. The Morgan fingerprint density at radius 2 is 2.13 bits per heavy atom. The Kier molecular flexibility index (Phi) is 4.29. The molecule has 116 valence electrons. The number of nitrogens with zero attached hydrogens (tertiary/aromatic N) is 2. The summed E-state index contributed by atoms with van der Waals surface area (Å²) in [7, 11) is 0. The first-order valence-corrected chi connectivity index (χ1v) is 7.87. The van der Waals surface area contributed by atoms with Gasteiger partial charge in [-0.05, 0) is 18.1 Å². The molecule has 0 aliphatic rings. The van der Waals surface area contributed by atoms with E-state index >= 15 is 0 Å². The number of rotatable bonds is 5. The topological polar surface area (TPSA) is 85.1 Å². The van der Waals surface area contributed by atoms with Crippen molar-refractivity contribution >= 4 is 33.1 Å². The number of aromatic nitrogens is 1. The van der Waals surface area contributed by atoms with Crippen LogP contribution in [0.2, 0.25) is 0 Å². The number of thiophene rings is 1. The van der Waals surface area contributed by atoms with Crippen molar-refractivity contribution in [1.82, 2.24) is 10.3 Å². The second-order valence-corrected chi connectivity index (χ2v) is 5.82. The number of fused-ring (bicyclic) bond motifs is 1. The zero-order chi connectivity index (χ0) is 16.2. The van der Waals surface area contributed by atoms with E-state index in [-0.39, 0.29) is 10.9 Å². The molecule has 0 unspecified atom stereocenters. The van der Waals surface area contributed by atoms with Gasteiger partial charge in [0, 0.05) is 29.6 Å². The summed E-state index contributed by atoms with van der Waals surface area (Å²) >= 11 is 0.948. The van der Waals surface area contributed by atoms with E-state index in [4.69, 9.17) is 0 Å². The molecule has 0 aliphatic carbocycles. The molecule has 1 N–H and O–H groups in total. The van der Waals surface area contributed by atoms with Crippen molar-refractivity contribution in [2.24, 2.45) is 0 Å². The zero-order valence-corrected chi connectivity index (χ0v) is 12.9. The number of carbonyl (C=O) groups is 1. The van der Waals surface area contributed by atoms with E-state index in [2.05, 4.69) is 10.3 Å². The van der Waals surface area contributed by atoms with Crippen LogP contribution in [0.4, 0.5) is 5.00 Å². The van der Waals surface area contributed by atoms with Crippen molar-refractivity contribution in [1.29, 1.82) is 0 Å². The Labute approximate surface area is 135 Å². The number of carbonyl (C=O) groups excluding carboxylic acids is 1. The lowest BCUT2D eigenvalue weighted by Crippen LogP contribution is -2.25. The highest BCUT2D eigenvalue weighted by atomic mass is 32.1. The van der Waals surface area contributed by atoms with Gasteiger partial charge in [0.1, 0.15) is 0 Å². The molecule has 1 aromatic carbocycles. The van der Waals surface area contributed by atoms with Gasteiger partial charge < -0.3 is 5.32 Å². The maximum absolute atomic E-state index is 12.0. The van der Waals surface area contributed by atoms with Gasteiger partial charge in [0.05, 0.1) is 16.0 Å². The van der Waals surface area contributed by atoms with Gasteiger partial charge in [0.2, 0.25) is 0 Å². The number of para-hydroxylation sites is 1. The maximum Gasteiger partial charge on any atom is 0.324 e. The molecule has 7 heteroatoms. The molecule has 0 bridgehead atoms. The van der Waals surface area contributed by atoms with E-state index in [0.717, 1.165) is 27.8 Å². The van der Waals surface area contributed by atoms with E-state index < -0.39 is 4.92 Å². The van der Waals surface area contributed by atoms with E-state index in [1.165, 1.54) is 11.4 Å². The maximum atomic E-state index is 12.0. The normalized spacial score (nSPS) is 10.6. The Morgan fingerprint density at radius 1 is 1.30 bits per heavy atom. The van der Waals surface area contributed by atoms with Crippen LogP contribution < -0.4 is 5.32 Å². The molecule has 3 rings (SSSR count). The molecule has 2 aromatic heterocycles. The quantitative estimate of drug-likeness (QED) is 0.576. The first-order chi connectivity index (χ1) is 11.1. The molecule has 0 fully saturated rings. The van der Waals surface area contributed by atoms with Crippen molar-refractivity contribution in [2.75, 3.05) is 6.54 Å². The van der Waals surface area contributed by atoms with Crippen LogP contribution >= 0.6 is 11.3 Å². The van der Waals surface area contributed by atoms with Crippen LogP contribution in [0.5, 0.6) is 0 Å². The van der Waals surface area contributed by atoms with Crippen LogP contribution in [0, 0.1) is 10.1 Å². The van der Waals surface area contributed by atoms with Crippen LogP contribution in [0.15, 0.2) is 48.0 Å². The smallest absolute Gasteiger partial charge is 0.324 e. The molecular formula is C16H13N3O3S. The van der Waals surface area contributed by atoms with Gasteiger partial charge in [-0.25, -0.2) is 0 Å². The number of hydrogen-bond donors (Lipinski definition) is 1. The molecule has 2 heterocycles. The Bertz CT molecular complexity index is 870. The molecular weight excluding hydrogens is 314 g/mol. The predicted molar refractivity (Wildman–Crippen MR) is 88.8 cm³/mol. The number of nitrogens with one attached hydrogen (secondary N) is 1. The average molecular weight is 327 g/mol. The fourth-order valence-electron chi connectivity index (χ4n) is 2.32. The van der Waals surface area contributed by atoms with Gasteiger partial charge in [0.25, 0.3) is 5.91 Å². The number of nitro groups is 1. The minimum atomic E-state index is -0.497. The van der Waals surface area contributed by atoms with E-state index in [9.17, 15) is 14.9 Å². The summed E-state index contributed by atoms with van der Waals surface area (Å²) in [6, 6.07) is 11.1. The SMILES string of the molecule is O=C(NCCc1cccc2cccnc12)c1csc([N+](=O)[O-])c1. The Balaban J connectivity index is 1.64. The lowest BCUT2D eigenvalue weighted by Gasteiger charge is -2.06. The summed E-state index contributed by atoms with van der Waals surface area (Å²) in [6.45, 7) is 0.443. The summed E-state index contributed by atoms with van der Waals surface area (Å²) in [6.07, 6.45) is 2.39. The van der Waals surface area contributed by atoms with E-state index in [1.807, 2.05) is 30.3 Å². The van der Waals surface area contributed by atoms with Gasteiger partial charge in [-0.15, -0.1) is 0 Å². The molecule has 0 aliphatic heterocycles. The van der Waals surface area contributed by atoms with E-state index in [1.54, 1.807) is 6.20 Å². The average Bonchev–Trinajstić information content (AvgIpc) is 3.05. The standard InChI is InChI=1S/C16H13N3O3S/c20-16(13-9-14(19(21)22)23-10-13)18-8-6-12-4-1-3-11-5-2-7-17-15(11)12/h1-5,7,9-10H,6,8H2,(H,18,20). The first-order valence-electron chi connectivity index (χ1n) is 6.99. The largest absolute Gasteiger partial charge is 0.352 e. The second-order valence-electron chi connectivity index (χ2n) is 4.93. The molecule has 1 amide bonds. The molecule has 0 spiro atoms. The zero-order valence-electron chi connectivity index (χ0n) is 12.1. The highest BCUT2D eigenvalue weighted by molar-refractivity contribution is 7.13. The Hall–Kier alpha value is -2.80. The van der Waals surface area contributed by atoms with Crippen molar-refractivity contribution in [3.8, 4) is 0 Å². The van der Waals surface area contributed by atoms with Crippen molar-refractivity contribution in [3.63, 3.8) is 0 Å². The van der Waals surface area contributed by atoms with Crippen molar-refractivity contribution in [3.05, 3.63) is 69.2 Å². The van der Waals surface area contributed by atoms with Crippen LogP contribution in [-0.4, -0.2) is 22.4 Å². The van der Waals surface area contributed by atoms with Gasteiger partial charge in [-0.1, -0.05) is 35.6 Å².